The fourth-order valence-corrected chi connectivity index (χ4v) is 3.80. The molecule has 33 heavy (non-hydrogen) atoms. The molecule has 0 saturated carbocycles. The number of ether oxygens (including phenoxy) is 3. The van der Waals surface area contributed by atoms with E-state index in [1.165, 1.54) is 0 Å². The van der Waals surface area contributed by atoms with Crippen LogP contribution in [0.2, 0.25) is 0 Å². The SMILES string of the molecule is CCCCOc1nc(NCCN2CCOCC2)c2ncn(Cc3cc(N)ccc3OC)c2n1. The Morgan fingerprint density at radius 3 is 2.85 bits per heavy atom. The highest BCUT2D eigenvalue weighted by molar-refractivity contribution is 5.83. The van der Waals surface area contributed by atoms with Crippen molar-refractivity contribution in [3.63, 3.8) is 0 Å². The summed E-state index contributed by atoms with van der Waals surface area (Å²) < 4.78 is 18.8. The number of imidazole rings is 1. The van der Waals surface area contributed by atoms with Crippen molar-refractivity contribution in [2.24, 2.45) is 0 Å². The highest BCUT2D eigenvalue weighted by Gasteiger charge is 2.16. The number of nitrogens with two attached hydrogens (primary N) is 1. The summed E-state index contributed by atoms with van der Waals surface area (Å²) in [6, 6.07) is 5.96. The molecule has 0 spiro atoms. The lowest BCUT2D eigenvalue weighted by Gasteiger charge is -2.26. The van der Waals surface area contributed by atoms with Gasteiger partial charge in [-0.2, -0.15) is 9.97 Å². The van der Waals surface area contributed by atoms with E-state index in [0.717, 1.165) is 63.5 Å². The van der Waals surface area contributed by atoms with Crippen molar-refractivity contribution >= 4 is 22.7 Å². The predicted octanol–water partition coefficient (Wildman–Crippen LogP) is 2.39. The van der Waals surface area contributed by atoms with Gasteiger partial charge in [0.05, 0.1) is 39.8 Å². The van der Waals surface area contributed by atoms with Crippen LogP contribution in [0.5, 0.6) is 11.8 Å². The van der Waals surface area contributed by atoms with Gasteiger partial charge in [0, 0.05) is 37.4 Å². The number of fused-ring (bicyclic) bond motifs is 1. The number of benzene rings is 1. The molecule has 1 fully saturated rings. The van der Waals surface area contributed by atoms with Gasteiger partial charge in [-0.05, 0) is 24.6 Å². The van der Waals surface area contributed by atoms with Crippen LogP contribution in [-0.2, 0) is 11.3 Å². The van der Waals surface area contributed by atoms with Gasteiger partial charge < -0.3 is 29.8 Å². The third-order valence-corrected chi connectivity index (χ3v) is 5.64. The number of nitrogens with one attached hydrogen (secondary N) is 1. The first-order chi connectivity index (χ1) is 16.2. The lowest BCUT2D eigenvalue weighted by molar-refractivity contribution is 0.0398. The van der Waals surface area contributed by atoms with Gasteiger partial charge in [0.1, 0.15) is 5.75 Å². The van der Waals surface area contributed by atoms with Crippen LogP contribution in [0.1, 0.15) is 25.3 Å². The first-order valence-corrected chi connectivity index (χ1v) is 11.5. The largest absolute Gasteiger partial charge is 0.496 e. The van der Waals surface area contributed by atoms with Crippen LogP contribution in [0.25, 0.3) is 11.2 Å². The maximum absolute atomic E-state index is 6.01. The number of rotatable bonds is 11. The van der Waals surface area contributed by atoms with E-state index in [9.17, 15) is 0 Å². The highest BCUT2D eigenvalue weighted by atomic mass is 16.5. The minimum Gasteiger partial charge on any atom is -0.496 e. The molecule has 1 saturated heterocycles. The Hall–Kier alpha value is -3.11. The molecule has 3 N–H and O–H groups in total. The molecule has 3 aromatic rings. The van der Waals surface area contributed by atoms with E-state index in [2.05, 4.69) is 32.1 Å². The van der Waals surface area contributed by atoms with Crippen molar-refractivity contribution in [2.75, 3.05) is 64.2 Å². The minimum absolute atomic E-state index is 0.353. The first kappa shape index (κ1) is 23.1. The molecule has 0 amide bonds. The standard InChI is InChI=1S/C23H33N7O3/c1-3-4-11-33-23-27-21(25-7-8-29-9-12-32-13-10-29)20-22(28-23)30(16-26-20)15-17-14-18(24)5-6-19(17)31-2/h5-6,14,16H,3-4,7-13,15,24H2,1-2H3,(H,25,27,28). The molecular weight excluding hydrogens is 422 g/mol. The molecule has 0 radical (unpaired) electrons. The normalized spacial score (nSPS) is 14.5. The maximum atomic E-state index is 6.01. The number of aromatic nitrogens is 4. The van der Waals surface area contributed by atoms with Crippen molar-refractivity contribution in [1.29, 1.82) is 0 Å². The molecule has 178 valence electrons. The third-order valence-electron chi connectivity index (χ3n) is 5.64. The third kappa shape index (κ3) is 5.82. The van der Waals surface area contributed by atoms with Gasteiger partial charge in [-0.3, -0.25) is 4.90 Å². The second kappa shape index (κ2) is 11.2. The molecule has 4 rings (SSSR count). The van der Waals surface area contributed by atoms with Crippen LogP contribution in [0.4, 0.5) is 11.5 Å². The summed E-state index contributed by atoms with van der Waals surface area (Å²) in [5.41, 5.74) is 9.05. The van der Waals surface area contributed by atoms with E-state index in [1.807, 2.05) is 22.8 Å². The van der Waals surface area contributed by atoms with Gasteiger partial charge in [-0.1, -0.05) is 13.3 Å². The van der Waals surface area contributed by atoms with Crippen molar-refractivity contribution in [3.8, 4) is 11.8 Å². The molecule has 10 heteroatoms. The smallest absolute Gasteiger partial charge is 0.320 e. The number of methoxy groups -OCH3 is 1. The highest BCUT2D eigenvalue weighted by Crippen LogP contribution is 2.26. The second-order valence-corrected chi connectivity index (χ2v) is 8.05. The zero-order valence-electron chi connectivity index (χ0n) is 19.4. The molecular formula is C23H33N7O3. The molecule has 0 atom stereocenters. The van der Waals surface area contributed by atoms with Gasteiger partial charge in [-0.15, -0.1) is 0 Å². The van der Waals surface area contributed by atoms with Gasteiger partial charge in [0.25, 0.3) is 0 Å². The van der Waals surface area contributed by atoms with E-state index in [4.69, 9.17) is 19.9 Å². The Balaban J connectivity index is 1.58. The Morgan fingerprint density at radius 2 is 2.06 bits per heavy atom. The summed E-state index contributed by atoms with van der Waals surface area (Å²) >= 11 is 0. The average Bonchev–Trinajstić information content (AvgIpc) is 3.23. The van der Waals surface area contributed by atoms with E-state index >= 15 is 0 Å². The number of nitrogens with zero attached hydrogens (tertiary/aromatic N) is 5. The van der Waals surface area contributed by atoms with Gasteiger partial charge in [0.15, 0.2) is 17.0 Å². The minimum atomic E-state index is 0.353. The maximum Gasteiger partial charge on any atom is 0.320 e. The number of unbranched alkanes of at least 4 members (excludes halogenated alkanes) is 1. The van der Waals surface area contributed by atoms with E-state index in [0.29, 0.717) is 41.8 Å². The van der Waals surface area contributed by atoms with Gasteiger partial charge in [-0.25, -0.2) is 4.98 Å². The topological polar surface area (TPSA) is 113 Å². The van der Waals surface area contributed by atoms with E-state index in [1.54, 1.807) is 13.4 Å². The molecule has 0 unspecified atom stereocenters. The molecule has 3 heterocycles. The zero-order valence-corrected chi connectivity index (χ0v) is 19.4. The van der Waals surface area contributed by atoms with Crippen LogP contribution < -0.4 is 20.5 Å². The quantitative estimate of drug-likeness (QED) is 0.332. The fourth-order valence-electron chi connectivity index (χ4n) is 3.80. The first-order valence-electron chi connectivity index (χ1n) is 11.5. The number of nitrogen functional groups attached to an aromatic ring is 1. The summed E-state index contributed by atoms with van der Waals surface area (Å²) in [6.45, 7) is 8.33. The summed E-state index contributed by atoms with van der Waals surface area (Å²) in [4.78, 5) is 16.3. The number of anilines is 2. The van der Waals surface area contributed by atoms with Crippen LogP contribution >= 0.6 is 0 Å². The van der Waals surface area contributed by atoms with Crippen molar-refractivity contribution < 1.29 is 14.2 Å². The summed E-state index contributed by atoms with van der Waals surface area (Å²) in [5.74, 6) is 1.45. The van der Waals surface area contributed by atoms with Crippen LogP contribution in [-0.4, -0.2) is 77.5 Å². The van der Waals surface area contributed by atoms with Crippen LogP contribution in [0, 0.1) is 0 Å². The molecule has 1 aromatic carbocycles. The van der Waals surface area contributed by atoms with Crippen molar-refractivity contribution in [3.05, 3.63) is 30.1 Å². The van der Waals surface area contributed by atoms with E-state index in [-0.39, 0.29) is 0 Å². The molecule has 0 bridgehead atoms. The van der Waals surface area contributed by atoms with E-state index < -0.39 is 0 Å². The van der Waals surface area contributed by atoms with Crippen molar-refractivity contribution in [1.82, 2.24) is 24.4 Å². The van der Waals surface area contributed by atoms with Crippen LogP contribution in [0.15, 0.2) is 24.5 Å². The monoisotopic (exact) mass is 455 g/mol. The van der Waals surface area contributed by atoms with Gasteiger partial charge >= 0.3 is 6.01 Å². The molecule has 1 aliphatic heterocycles. The summed E-state index contributed by atoms with van der Waals surface area (Å²) in [5, 5.41) is 3.44. The fraction of sp³-hybridized carbons (Fsp3) is 0.522. The Kier molecular flexibility index (Phi) is 7.79. The van der Waals surface area contributed by atoms with Crippen LogP contribution in [0.3, 0.4) is 0 Å². The average molecular weight is 456 g/mol. The molecule has 2 aromatic heterocycles. The molecule has 0 aliphatic carbocycles. The lowest BCUT2D eigenvalue weighted by atomic mass is 10.1. The number of hydrogen-bond donors (Lipinski definition) is 2. The molecule has 10 nitrogen and oxygen atoms in total. The van der Waals surface area contributed by atoms with Crippen molar-refractivity contribution in [2.45, 2.75) is 26.3 Å². The Morgan fingerprint density at radius 1 is 1.21 bits per heavy atom. The number of morpholine rings is 1. The summed E-state index contributed by atoms with van der Waals surface area (Å²) in [6.07, 6.45) is 3.76. The molecule has 1 aliphatic rings. The second-order valence-electron chi connectivity index (χ2n) is 8.05. The Labute approximate surface area is 194 Å². The predicted molar refractivity (Wildman–Crippen MR) is 128 cm³/mol. The van der Waals surface area contributed by atoms with Gasteiger partial charge in [0.2, 0.25) is 0 Å². The Bertz CT molecular complexity index is 1050. The number of hydrogen-bond acceptors (Lipinski definition) is 9. The zero-order chi connectivity index (χ0) is 23.0. The lowest BCUT2D eigenvalue weighted by Crippen LogP contribution is -2.39. The summed E-state index contributed by atoms with van der Waals surface area (Å²) in [7, 11) is 1.65.